The maximum absolute atomic E-state index is 11.9. The van der Waals surface area contributed by atoms with E-state index in [1.54, 1.807) is 6.07 Å². The van der Waals surface area contributed by atoms with E-state index in [0.29, 0.717) is 24.7 Å². The Labute approximate surface area is 137 Å². The molecule has 2 aromatic carbocycles. The second-order valence-electron chi connectivity index (χ2n) is 5.28. The molecule has 0 heterocycles. The summed E-state index contributed by atoms with van der Waals surface area (Å²) in [6.07, 6.45) is 0. The SMILES string of the molecule is CCOc1ccccc1OCC(=O)NC[C@@H](C)c1ccccc1. The normalized spacial score (nSPS) is 11.6. The van der Waals surface area contributed by atoms with Crippen molar-refractivity contribution in [2.75, 3.05) is 19.8 Å². The van der Waals surface area contributed by atoms with E-state index in [9.17, 15) is 4.79 Å². The van der Waals surface area contributed by atoms with E-state index >= 15 is 0 Å². The first kappa shape index (κ1) is 16.9. The van der Waals surface area contributed by atoms with Gasteiger partial charge in [-0.1, -0.05) is 49.4 Å². The van der Waals surface area contributed by atoms with Crippen molar-refractivity contribution in [2.45, 2.75) is 19.8 Å². The molecule has 0 spiro atoms. The zero-order valence-electron chi connectivity index (χ0n) is 13.6. The van der Waals surface area contributed by atoms with Gasteiger partial charge in [0.1, 0.15) is 0 Å². The molecule has 4 nitrogen and oxygen atoms in total. The van der Waals surface area contributed by atoms with Crippen LogP contribution in [0.15, 0.2) is 54.6 Å². The number of benzene rings is 2. The Balaban J connectivity index is 1.79. The van der Waals surface area contributed by atoms with Crippen molar-refractivity contribution in [2.24, 2.45) is 0 Å². The lowest BCUT2D eigenvalue weighted by Crippen LogP contribution is -2.31. The van der Waals surface area contributed by atoms with Crippen molar-refractivity contribution in [1.82, 2.24) is 5.32 Å². The summed E-state index contributed by atoms with van der Waals surface area (Å²) >= 11 is 0. The van der Waals surface area contributed by atoms with Gasteiger partial charge in [-0.2, -0.15) is 0 Å². The van der Waals surface area contributed by atoms with Crippen LogP contribution >= 0.6 is 0 Å². The molecule has 0 aliphatic rings. The van der Waals surface area contributed by atoms with Crippen molar-refractivity contribution in [1.29, 1.82) is 0 Å². The van der Waals surface area contributed by atoms with Gasteiger partial charge in [0.05, 0.1) is 6.61 Å². The zero-order valence-corrected chi connectivity index (χ0v) is 13.6. The van der Waals surface area contributed by atoms with E-state index in [1.807, 2.05) is 43.3 Å². The average molecular weight is 313 g/mol. The molecule has 4 heteroatoms. The molecule has 0 aliphatic heterocycles. The topological polar surface area (TPSA) is 47.6 Å². The first-order valence-corrected chi connectivity index (χ1v) is 7.87. The lowest BCUT2D eigenvalue weighted by molar-refractivity contribution is -0.123. The van der Waals surface area contributed by atoms with Gasteiger partial charge >= 0.3 is 0 Å². The third kappa shape index (κ3) is 5.33. The maximum atomic E-state index is 11.9. The van der Waals surface area contributed by atoms with Gasteiger partial charge in [0.2, 0.25) is 0 Å². The summed E-state index contributed by atoms with van der Waals surface area (Å²) in [6, 6.07) is 17.5. The molecule has 0 aromatic heterocycles. The van der Waals surface area contributed by atoms with Crippen LogP contribution in [-0.4, -0.2) is 25.7 Å². The molecule has 1 atom stereocenters. The molecule has 2 rings (SSSR count). The molecule has 0 saturated heterocycles. The Hall–Kier alpha value is -2.49. The minimum atomic E-state index is -0.140. The Morgan fingerprint density at radius 2 is 1.61 bits per heavy atom. The van der Waals surface area contributed by atoms with Crippen LogP contribution in [0.25, 0.3) is 0 Å². The van der Waals surface area contributed by atoms with Gasteiger partial charge < -0.3 is 14.8 Å². The smallest absolute Gasteiger partial charge is 0.257 e. The van der Waals surface area contributed by atoms with Crippen LogP contribution in [0.1, 0.15) is 25.3 Å². The van der Waals surface area contributed by atoms with Gasteiger partial charge in [0.25, 0.3) is 5.91 Å². The molecule has 1 N–H and O–H groups in total. The fourth-order valence-electron chi connectivity index (χ4n) is 2.20. The summed E-state index contributed by atoms with van der Waals surface area (Å²) < 4.78 is 11.0. The van der Waals surface area contributed by atoms with E-state index < -0.39 is 0 Å². The predicted octanol–water partition coefficient (Wildman–Crippen LogP) is 3.38. The zero-order chi connectivity index (χ0) is 16.5. The molecular weight excluding hydrogens is 290 g/mol. The molecular formula is C19H23NO3. The van der Waals surface area contributed by atoms with Gasteiger partial charge in [-0.15, -0.1) is 0 Å². The third-order valence-corrected chi connectivity index (χ3v) is 3.48. The van der Waals surface area contributed by atoms with Crippen LogP contribution in [-0.2, 0) is 4.79 Å². The Kier molecular flexibility index (Phi) is 6.48. The molecule has 23 heavy (non-hydrogen) atoms. The minimum absolute atomic E-state index is 0.0222. The highest BCUT2D eigenvalue weighted by Crippen LogP contribution is 2.26. The lowest BCUT2D eigenvalue weighted by Gasteiger charge is -2.14. The highest BCUT2D eigenvalue weighted by molar-refractivity contribution is 5.77. The highest BCUT2D eigenvalue weighted by atomic mass is 16.5. The summed E-state index contributed by atoms with van der Waals surface area (Å²) in [7, 11) is 0. The van der Waals surface area contributed by atoms with Crippen molar-refractivity contribution in [3.05, 3.63) is 60.2 Å². The first-order valence-electron chi connectivity index (χ1n) is 7.87. The molecule has 0 bridgehead atoms. The molecule has 1 amide bonds. The molecule has 0 aliphatic carbocycles. The fraction of sp³-hybridized carbons (Fsp3) is 0.316. The van der Waals surface area contributed by atoms with Gasteiger partial charge in [0, 0.05) is 6.54 Å². The van der Waals surface area contributed by atoms with Crippen LogP contribution in [0.2, 0.25) is 0 Å². The second-order valence-corrected chi connectivity index (χ2v) is 5.28. The summed E-state index contributed by atoms with van der Waals surface area (Å²) in [4.78, 5) is 11.9. The largest absolute Gasteiger partial charge is 0.490 e. The molecule has 0 saturated carbocycles. The Morgan fingerprint density at radius 3 is 2.26 bits per heavy atom. The summed E-state index contributed by atoms with van der Waals surface area (Å²) in [5.41, 5.74) is 1.20. The second kappa shape index (κ2) is 8.83. The van der Waals surface area contributed by atoms with Crippen LogP contribution in [0.3, 0.4) is 0 Å². The van der Waals surface area contributed by atoms with Gasteiger partial charge in [0.15, 0.2) is 18.1 Å². The molecule has 0 unspecified atom stereocenters. The van der Waals surface area contributed by atoms with E-state index in [2.05, 4.69) is 24.4 Å². The number of carbonyl (C=O) groups excluding carboxylic acids is 1. The summed E-state index contributed by atoms with van der Waals surface area (Å²) in [5.74, 6) is 1.36. The third-order valence-electron chi connectivity index (χ3n) is 3.48. The molecule has 122 valence electrons. The number of carbonyl (C=O) groups is 1. The summed E-state index contributed by atoms with van der Waals surface area (Å²) in [5, 5.41) is 2.90. The van der Waals surface area contributed by atoms with Crippen LogP contribution < -0.4 is 14.8 Å². The average Bonchev–Trinajstić information content (AvgIpc) is 2.60. The predicted molar refractivity (Wildman–Crippen MR) is 91.0 cm³/mol. The van der Waals surface area contributed by atoms with Crippen molar-refractivity contribution in [3.63, 3.8) is 0 Å². The van der Waals surface area contributed by atoms with E-state index in [-0.39, 0.29) is 18.4 Å². The Morgan fingerprint density at radius 1 is 1.00 bits per heavy atom. The van der Waals surface area contributed by atoms with Crippen LogP contribution in [0.5, 0.6) is 11.5 Å². The van der Waals surface area contributed by atoms with E-state index in [0.717, 1.165) is 0 Å². The van der Waals surface area contributed by atoms with Crippen molar-refractivity contribution >= 4 is 5.91 Å². The number of rotatable bonds is 8. The molecule has 0 fully saturated rings. The monoisotopic (exact) mass is 313 g/mol. The fourth-order valence-corrected chi connectivity index (χ4v) is 2.20. The quantitative estimate of drug-likeness (QED) is 0.812. The Bertz CT molecular complexity index is 613. The highest BCUT2D eigenvalue weighted by Gasteiger charge is 2.09. The lowest BCUT2D eigenvalue weighted by atomic mass is 10.0. The van der Waals surface area contributed by atoms with Gasteiger partial charge in [-0.05, 0) is 30.5 Å². The van der Waals surface area contributed by atoms with E-state index in [4.69, 9.17) is 9.47 Å². The van der Waals surface area contributed by atoms with Gasteiger partial charge in [-0.25, -0.2) is 0 Å². The maximum Gasteiger partial charge on any atom is 0.257 e. The first-order chi connectivity index (χ1) is 11.2. The van der Waals surface area contributed by atoms with Gasteiger partial charge in [-0.3, -0.25) is 4.79 Å². The number of hydrogen-bond acceptors (Lipinski definition) is 3. The van der Waals surface area contributed by atoms with Crippen LogP contribution in [0.4, 0.5) is 0 Å². The van der Waals surface area contributed by atoms with Crippen molar-refractivity contribution < 1.29 is 14.3 Å². The number of ether oxygens (including phenoxy) is 2. The van der Waals surface area contributed by atoms with Crippen LogP contribution in [0, 0.1) is 0 Å². The molecule has 2 aromatic rings. The standard InChI is InChI=1S/C19H23NO3/c1-3-22-17-11-7-8-12-18(17)23-14-19(21)20-13-15(2)16-9-5-4-6-10-16/h4-12,15H,3,13-14H2,1-2H3,(H,20,21)/t15-/m1/s1. The molecule has 0 radical (unpaired) electrons. The van der Waals surface area contributed by atoms with E-state index in [1.165, 1.54) is 5.56 Å². The minimum Gasteiger partial charge on any atom is -0.490 e. The number of amides is 1. The van der Waals surface area contributed by atoms with Crippen molar-refractivity contribution in [3.8, 4) is 11.5 Å². The number of hydrogen-bond donors (Lipinski definition) is 1. The summed E-state index contributed by atoms with van der Waals surface area (Å²) in [6.45, 7) is 5.11. The number of nitrogens with one attached hydrogen (secondary N) is 1. The number of para-hydroxylation sites is 2.